The molecular weight excluding hydrogens is 971 g/mol. The predicted octanol–water partition coefficient (Wildman–Crippen LogP) is 11.4. The first kappa shape index (κ1) is 50.5. The number of benzene rings is 5. The first-order valence-corrected chi connectivity index (χ1v) is 26.5. The van der Waals surface area contributed by atoms with Gasteiger partial charge in [-0.25, -0.2) is 19.6 Å². The van der Waals surface area contributed by atoms with Crippen molar-refractivity contribution in [2.45, 2.75) is 83.8 Å². The molecule has 0 saturated carbocycles. The average molecular weight is 1030 g/mol. The number of imidazole rings is 2. The van der Waals surface area contributed by atoms with Gasteiger partial charge in [-0.3, -0.25) is 9.59 Å². The van der Waals surface area contributed by atoms with Crippen LogP contribution in [0.2, 0.25) is 0 Å². The van der Waals surface area contributed by atoms with E-state index >= 15 is 0 Å². The Hall–Kier alpha value is -8.66. The van der Waals surface area contributed by atoms with Crippen LogP contribution in [0, 0.1) is 11.8 Å². The smallest absolute Gasteiger partial charge is 0.407 e. The number of carbonyl (C=O) groups excluding carboxylic acids is 4. The normalized spacial score (nSPS) is 17.7. The number of alkyl carbamates (subject to hydrolysis) is 2. The molecule has 5 atom stereocenters. The highest BCUT2D eigenvalue weighted by atomic mass is 16.5. The third kappa shape index (κ3) is 9.79. The molecule has 5 aromatic carbocycles. The van der Waals surface area contributed by atoms with E-state index < -0.39 is 30.5 Å². The summed E-state index contributed by atoms with van der Waals surface area (Å²) in [5.74, 6) is 1.47. The maximum atomic E-state index is 13.9. The highest BCUT2D eigenvalue weighted by Crippen LogP contribution is 2.47. The quantitative estimate of drug-likeness (QED) is 0.0871. The van der Waals surface area contributed by atoms with Gasteiger partial charge < -0.3 is 49.2 Å². The summed E-state index contributed by atoms with van der Waals surface area (Å²) >= 11 is 0. The van der Waals surface area contributed by atoms with E-state index in [9.17, 15) is 19.2 Å². The van der Waals surface area contributed by atoms with Gasteiger partial charge in [-0.05, 0) is 96.2 Å². The summed E-state index contributed by atoms with van der Waals surface area (Å²) in [5.41, 5.74) is 11.8. The van der Waals surface area contributed by atoms with Crippen LogP contribution in [0.4, 0.5) is 9.59 Å². The average Bonchev–Trinajstić information content (AvgIpc) is 4.46. The molecule has 4 amide bonds. The van der Waals surface area contributed by atoms with Crippen molar-refractivity contribution in [2.24, 2.45) is 11.8 Å². The lowest BCUT2D eigenvalue weighted by atomic mass is 9.98. The summed E-state index contributed by atoms with van der Waals surface area (Å²) in [6.07, 6.45) is 4.93. The Kier molecular flexibility index (Phi) is 13.9. The van der Waals surface area contributed by atoms with Crippen LogP contribution in [-0.4, -0.2) is 97.7 Å². The summed E-state index contributed by atoms with van der Waals surface area (Å²) in [6.45, 7) is 8.74. The third-order valence-electron chi connectivity index (χ3n) is 15.4. The number of carbonyl (C=O) groups is 4. The van der Waals surface area contributed by atoms with Crippen molar-refractivity contribution in [1.82, 2.24) is 44.9 Å². The van der Waals surface area contributed by atoms with E-state index in [1.54, 1.807) is 0 Å². The Morgan fingerprint density at radius 3 is 1.68 bits per heavy atom. The number of aromatic nitrogens is 5. The number of nitrogens with one attached hydrogen (secondary N) is 4. The molecule has 394 valence electrons. The van der Waals surface area contributed by atoms with Gasteiger partial charge in [0.05, 0.1) is 61.3 Å². The fourth-order valence-corrected chi connectivity index (χ4v) is 11.3. The van der Waals surface area contributed by atoms with Crippen molar-refractivity contribution >= 4 is 34.9 Å². The topological polar surface area (TPSA) is 189 Å². The van der Waals surface area contributed by atoms with Crippen molar-refractivity contribution < 1.29 is 33.4 Å². The number of rotatable bonds is 13. The van der Waals surface area contributed by atoms with E-state index in [1.807, 2.05) is 56.0 Å². The molecule has 3 aliphatic heterocycles. The van der Waals surface area contributed by atoms with Crippen molar-refractivity contribution in [2.75, 3.05) is 27.3 Å². The molecule has 16 nitrogen and oxygen atoms in total. The number of methoxy groups -OCH3 is 2. The molecule has 3 aromatic heterocycles. The number of ether oxygens (including phenoxy) is 3. The molecule has 0 bridgehead atoms. The monoisotopic (exact) mass is 1030 g/mol. The minimum absolute atomic E-state index is 0.141. The molecule has 0 aliphatic carbocycles. The van der Waals surface area contributed by atoms with Crippen LogP contribution >= 0.6 is 0 Å². The van der Waals surface area contributed by atoms with Gasteiger partial charge in [0.25, 0.3) is 0 Å². The fraction of sp³-hybridized carbons (Fsp3) is 0.311. The molecule has 2 saturated heterocycles. The van der Waals surface area contributed by atoms with Gasteiger partial charge >= 0.3 is 12.2 Å². The van der Waals surface area contributed by atoms with Crippen LogP contribution in [0.15, 0.2) is 134 Å². The van der Waals surface area contributed by atoms with Gasteiger partial charge in [0.1, 0.15) is 29.5 Å². The maximum Gasteiger partial charge on any atom is 0.407 e. The van der Waals surface area contributed by atoms with E-state index in [1.165, 1.54) is 14.2 Å². The van der Waals surface area contributed by atoms with Crippen LogP contribution < -0.4 is 15.4 Å². The Labute approximate surface area is 447 Å². The van der Waals surface area contributed by atoms with Gasteiger partial charge in [-0.15, -0.1) is 0 Å². The van der Waals surface area contributed by atoms with Gasteiger partial charge in [0.2, 0.25) is 18.0 Å². The van der Waals surface area contributed by atoms with Crippen LogP contribution in [0.5, 0.6) is 5.75 Å². The van der Waals surface area contributed by atoms with Gasteiger partial charge in [-0.2, -0.15) is 0 Å². The number of fused-ring (bicyclic) bond motifs is 5. The first-order valence-electron chi connectivity index (χ1n) is 26.5. The fourth-order valence-electron chi connectivity index (χ4n) is 11.3. The number of hydrogen-bond donors (Lipinski definition) is 4. The van der Waals surface area contributed by atoms with Crippen LogP contribution in [-0.2, 0) is 19.1 Å². The second kappa shape index (κ2) is 21.2. The second-order valence-electron chi connectivity index (χ2n) is 20.9. The molecule has 0 radical (unpaired) electrons. The summed E-state index contributed by atoms with van der Waals surface area (Å²) in [5, 5.41) is 6.48. The van der Waals surface area contributed by atoms with E-state index in [0.29, 0.717) is 30.5 Å². The molecule has 3 aliphatic rings. The van der Waals surface area contributed by atoms with Crippen molar-refractivity contribution in [3.05, 3.63) is 151 Å². The zero-order valence-electron chi connectivity index (χ0n) is 44.1. The summed E-state index contributed by atoms with van der Waals surface area (Å²) in [7, 11) is 2.59. The molecule has 16 heteroatoms. The third-order valence-corrected chi connectivity index (χ3v) is 15.4. The van der Waals surface area contributed by atoms with E-state index in [4.69, 9.17) is 24.2 Å². The predicted molar refractivity (Wildman–Crippen MR) is 294 cm³/mol. The second-order valence-corrected chi connectivity index (χ2v) is 20.9. The molecular formula is C61H63N9O7. The number of nitrogens with zero attached hydrogens (tertiary/aromatic N) is 5. The van der Waals surface area contributed by atoms with Crippen LogP contribution in [0.25, 0.3) is 66.9 Å². The molecule has 0 spiro atoms. The Balaban J connectivity index is 0.922. The standard InChI is InChI=1S/C61H63N9O7/c1-35(2)53(66-60(73)75-5)57(71)68-27-11-17-49(68)55-62-33-46(64-55)42-24-26-48-44(30-42)31-51-45-25-23-43(47-34-63-56(65-47)50-18-12-28-69(50)58(72)54(36(3)4)67-61(74)76-6)32-52(45)77-59(70(48)51)39-21-19-38(20-22-39)41-16-10-15-40(29-41)37-13-8-7-9-14-37/h7-10,13-16,19-26,29-36,49-50,53-54,59H,11-12,17-18,27-28H2,1-6H3,(H,62,64)(H,63,65)(H,66,73)(H,67,74)/t49-,50-,53-,54-,59?/m0/s1. The van der Waals surface area contributed by atoms with E-state index in [2.05, 4.69) is 140 Å². The lowest BCUT2D eigenvalue weighted by molar-refractivity contribution is -0.136. The molecule has 77 heavy (non-hydrogen) atoms. The largest absolute Gasteiger partial charge is 0.465 e. The van der Waals surface area contributed by atoms with E-state index in [0.717, 1.165) is 98.2 Å². The summed E-state index contributed by atoms with van der Waals surface area (Å²) < 4.78 is 19.1. The van der Waals surface area contributed by atoms with E-state index in [-0.39, 0.29) is 35.7 Å². The Bertz CT molecular complexity index is 3490. The van der Waals surface area contributed by atoms with Gasteiger partial charge in [-0.1, -0.05) is 113 Å². The molecule has 1 unspecified atom stereocenters. The Morgan fingerprint density at radius 2 is 1.12 bits per heavy atom. The lowest BCUT2D eigenvalue weighted by Crippen LogP contribution is -2.51. The van der Waals surface area contributed by atoms with Crippen LogP contribution in [0.3, 0.4) is 0 Å². The first-order chi connectivity index (χ1) is 37.4. The number of amides is 4. The van der Waals surface area contributed by atoms with Crippen molar-refractivity contribution in [1.29, 1.82) is 0 Å². The minimum atomic E-state index is -0.736. The number of hydrogen-bond acceptors (Lipinski definition) is 9. The summed E-state index contributed by atoms with van der Waals surface area (Å²) in [6, 6.07) is 40.4. The Morgan fingerprint density at radius 1 is 0.597 bits per heavy atom. The number of likely N-dealkylation sites (tertiary alicyclic amines) is 2. The minimum Gasteiger partial charge on any atom is -0.465 e. The van der Waals surface area contributed by atoms with Crippen molar-refractivity contribution in [3.8, 4) is 61.8 Å². The zero-order valence-corrected chi connectivity index (χ0v) is 44.1. The van der Waals surface area contributed by atoms with Gasteiger partial charge in [0, 0.05) is 40.7 Å². The molecule has 11 rings (SSSR count). The summed E-state index contributed by atoms with van der Waals surface area (Å²) in [4.78, 5) is 72.7. The van der Waals surface area contributed by atoms with Crippen molar-refractivity contribution in [3.63, 3.8) is 0 Å². The zero-order chi connectivity index (χ0) is 53.5. The highest BCUT2D eigenvalue weighted by Gasteiger charge is 2.39. The molecule has 2 fully saturated rings. The maximum absolute atomic E-state index is 13.9. The molecule has 4 N–H and O–H groups in total. The molecule has 8 aromatic rings. The lowest BCUT2D eigenvalue weighted by Gasteiger charge is -2.31. The SMILES string of the molecule is COC(=O)N[C@H](C(=O)N1CCC[C@H]1c1ncc(-c2ccc3c(c2)OC(c2ccc(-c4cccc(-c5ccccc5)c4)cc2)n2c-3cc3cc(-c4cnc([C@@H]5CCCN5C(=O)[C@@H](NC(=O)OC)C(C)C)[nH]4)ccc32)[nH]1)C(C)C. The number of H-pyrrole nitrogens is 2. The highest BCUT2D eigenvalue weighted by molar-refractivity contribution is 5.93. The molecule has 6 heterocycles. The van der Waals surface area contributed by atoms with Crippen LogP contribution in [0.1, 0.15) is 88.9 Å². The van der Waals surface area contributed by atoms with Gasteiger partial charge in [0.15, 0.2) is 0 Å². The number of aromatic amines is 2.